The van der Waals surface area contributed by atoms with Crippen LogP contribution in [0.2, 0.25) is 0 Å². The van der Waals surface area contributed by atoms with E-state index in [4.69, 9.17) is 4.98 Å². The van der Waals surface area contributed by atoms with E-state index in [1.165, 1.54) is 22.3 Å². The first-order valence-electron chi connectivity index (χ1n) is 13.2. The second-order valence-electron chi connectivity index (χ2n) is 10.6. The van der Waals surface area contributed by atoms with Crippen molar-refractivity contribution >= 4 is 22.6 Å². The van der Waals surface area contributed by atoms with Crippen molar-refractivity contribution < 1.29 is 4.79 Å². The molecule has 2 saturated heterocycles. The number of likely N-dealkylation sites (tertiary alicyclic amines) is 1. The van der Waals surface area contributed by atoms with Crippen molar-refractivity contribution in [2.45, 2.75) is 53.1 Å². The van der Waals surface area contributed by atoms with E-state index in [1.807, 2.05) is 0 Å². The second-order valence-corrected chi connectivity index (χ2v) is 10.6. The number of carbonyl (C=O) groups is 1. The van der Waals surface area contributed by atoms with Gasteiger partial charge in [-0.1, -0.05) is 18.2 Å². The van der Waals surface area contributed by atoms with E-state index in [2.05, 4.69) is 89.4 Å². The first-order valence-corrected chi connectivity index (χ1v) is 13.2. The highest BCUT2D eigenvalue weighted by Crippen LogP contribution is 2.26. The van der Waals surface area contributed by atoms with Gasteiger partial charge in [0.15, 0.2) is 0 Å². The lowest BCUT2D eigenvalue weighted by molar-refractivity contribution is -0.137. The molecule has 1 aromatic heterocycles. The average molecular weight is 474 g/mol. The van der Waals surface area contributed by atoms with Gasteiger partial charge in [-0.25, -0.2) is 4.98 Å². The van der Waals surface area contributed by atoms with E-state index in [-0.39, 0.29) is 5.92 Å². The fourth-order valence-electron chi connectivity index (χ4n) is 5.69. The van der Waals surface area contributed by atoms with E-state index < -0.39 is 0 Å². The number of benzene rings is 2. The number of nitrogens with zero attached hydrogens (tertiary/aromatic N) is 5. The zero-order chi connectivity index (χ0) is 24.5. The summed E-state index contributed by atoms with van der Waals surface area (Å²) >= 11 is 0. The Hall–Kier alpha value is -2.86. The zero-order valence-corrected chi connectivity index (χ0v) is 21.7. The molecule has 0 unspecified atom stereocenters. The number of aryl methyl sites for hydroxylation is 2. The van der Waals surface area contributed by atoms with E-state index in [0.29, 0.717) is 11.9 Å². The molecule has 0 bridgehead atoms. The quantitative estimate of drug-likeness (QED) is 0.534. The molecule has 1 amide bonds. The highest BCUT2D eigenvalue weighted by Gasteiger charge is 2.31. The molecule has 3 aromatic rings. The molecule has 0 radical (unpaired) electrons. The van der Waals surface area contributed by atoms with Crippen LogP contribution < -0.4 is 4.90 Å². The highest BCUT2D eigenvalue weighted by atomic mass is 16.2. The third-order valence-electron chi connectivity index (χ3n) is 7.93. The van der Waals surface area contributed by atoms with Crippen LogP contribution >= 0.6 is 0 Å². The number of carbonyl (C=O) groups excluding carboxylic acids is 1. The molecule has 2 aromatic carbocycles. The van der Waals surface area contributed by atoms with E-state index in [1.54, 1.807) is 0 Å². The van der Waals surface area contributed by atoms with Crippen LogP contribution in [0.3, 0.4) is 0 Å². The maximum atomic E-state index is 13.3. The average Bonchev–Trinajstić information content (AvgIpc) is 3.24. The second kappa shape index (κ2) is 10.0. The minimum absolute atomic E-state index is 0.156. The van der Waals surface area contributed by atoms with Gasteiger partial charge in [-0.2, -0.15) is 0 Å². The number of fused-ring (bicyclic) bond motifs is 1. The zero-order valence-electron chi connectivity index (χ0n) is 21.7. The predicted molar refractivity (Wildman–Crippen MR) is 143 cm³/mol. The summed E-state index contributed by atoms with van der Waals surface area (Å²) in [6.07, 6.45) is 1.89. The number of amides is 1. The van der Waals surface area contributed by atoms with Gasteiger partial charge in [-0.3, -0.25) is 9.69 Å². The summed E-state index contributed by atoms with van der Waals surface area (Å²) in [5.41, 5.74) is 6.22. The highest BCUT2D eigenvalue weighted by molar-refractivity contribution is 5.79. The van der Waals surface area contributed by atoms with Crippen LogP contribution in [0, 0.1) is 19.8 Å². The van der Waals surface area contributed by atoms with Crippen LogP contribution in [0.4, 0.5) is 5.69 Å². The molecular weight excluding hydrogens is 434 g/mol. The summed E-state index contributed by atoms with van der Waals surface area (Å²) in [6, 6.07) is 15.5. The monoisotopic (exact) mass is 473 g/mol. The van der Waals surface area contributed by atoms with E-state index >= 15 is 0 Å². The molecule has 186 valence electrons. The Morgan fingerprint density at radius 2 is 1.66 bits per heavy atom. The Labute approximate surface area is 209 Å². The number of anilines is 1. The molecule has 0 spiro atoms. The van der Waals surface area contributed by atoms with Crippen molar-refractivity contribution in [1.29, 1.82) is 0 Å². The van der Waals surface area contributed by atoms with Crippen LogP contribution in [0.15, 0.2) is 42.5 Å². The Balaban J connectivity index is 1.15. The largest absolute Gasteiger partial charge is 0.368 e. The van der Waals surface area contributed by atoms with E-state index in [9.17, 15) is 4.79 Å². The molecule has 6 heteroatoms. The summed E-state index contributed by atoms with van der Waals surface area (Å²) < 4.78 is 2.36. The Kier molecular flexibility index (Phi) is 6.83. The number of para-hydroxylation sites is 2. The fourth-order valence-corrected chi connectivity index (χ4v) is 5.69. The number of aromatic nitrogens is 2. The van der Waals surface area contributed by atoms with Gasteiger partial charge in [0.25, 0.3) is 0 Å². The van der Waals surface area contributed by atoms with Gasteiger partial charge >= 0.3 is 0 Å². The molecule has 0 aliphatic carbocycles. The van der Waals surface area contributed by atoms with Gasteiger partial charge in [-0.05, 0) is 89.0 Å². The molecule has 3 heterocycles. The van der Waals surface area contributed by atoms with Crippen LogP contribution in [-0.4, -0.2) is 64.5 Å². The van der Waals surface area contributed by atoms with Crippen molar-refractivity contribution in [3.8, 4) is 0 Å². The van der Waals surface area contributed by atoms with Crippen molar-refractivity contribution in [3.63, 3.8) is 0 Å². The molecule has 0 saturated carbocycles. The Morgan fingerprint density at radius 3 is 2.34 bits per heavy atom. The van der Waals surface area contributed by atoms with Crippen molar-refractivity contribution in [2.75, 3.05) is 44.2 Å². The third-order valence-corrected chi connectivity index (χ3v) is 7.93. The lowest BCUT2D eigenvalue weighted by Crippen LogP contribution is -2.51. The standard InChI is InChI=1S/C29H39N5O/c1-21(2)34-27-8-6-5-7-26(27)30-28(34)20-31-13-11-24(12-14-31)29(35)33-17-15-32(16-18-33)25-10-9-22(3)23(4)19-25/h5-10,19,21,24H,11-18,20H2,1-4H3. The topological polar surface area (TPSA) is 44.6 Å². The van der Waals surface area contributed by atoms with Gasteiger partial charge in [0.1, 0.15) is 5.82 Å². The SMILES string of the molecule is Cc1ccc(N2CCN(C(=O)C3CCN(Cc4nc5ccccc5n4C(C)C)CC3)CC2)cc1C. The smallest absolute Gasteiger partial charge is 0.225 e. The Morgan fingerprint density at radius 1 is 0.943 bits per heavy atom. The summed E-state index contributed by atoms with van der Waals surface area (Å²) in [6.45, 7) is 15.0. The number of piperidine rings is 1. The molecule has 0 N–H and O–H groups in total. The minimum Gasteiger partial charge on any atom is -0.368 e. The summed E-state index contributed by atoms with van der Waals surface area (Å²) in [4.78, 5) is 25.2. The van der Waals surface area contributed by atoms with Crippen molar-refractivity contribution in [1.82, 2.24) is 19.4 Å². The predicted octanol–water partition coefficient (Wildman–Crippen LogP) is 4.79. The normalized spacial score (nSPS) is 18.1. The molecule has 0 atom stereocenters. The summed E-state index contributed by atoms with van der Waals surface area (Å²) in [5.74, 6) is 1.65. The molecule has 2 fully saturated rings. The first-order chi connectivity index (χ1) is 16.9. The number of piperazine rings is 1. The number of rotatable bonds is 5. The molecule has 5 rings (SSSR count). The number of hydrogen-bond acceptors (Lipinski definition) is 4. The van der Waals surface area contributed by atoms with Gasteiger partial charge in [-0.15, -0.1) is 0 Å². The number of hydrogen-bond donors (Lipinski definition) is 0. The van der Waals surface area contributed by atoms with Gasteiger partial charge in [0.05, 0.1) is 17.6 Å². The molecular formula is C29H39N5O. The van der Waals surface area contributed by atoms with Gasteiger partial charge in [0, 0.05) is 43.8 Å². The molecule has 2 aliphatic rings. The fraction of sp³-hybridized carbons (Fsp3) is 0.517. The lowest BCUT2D eigenvalue weighted by Gasteiger charge is -2.39. The lowest BCUT2D eigenvalue weighted by atomic mass is 9.95. The van der Waals surface area contributed by atoms with E-state index in [0.717, 1.165) is 70.0 Å². The maximum absolute atomic E-state index is 13.3. The molecule has 6 nitrogen and oxygen atoms in total. The first kappa shape index (κ1) is 23.9. The van der Waals surface area contributed by atoms with Gasteiger partial charge in [0.2, 0.25) is 5.91 Å². The van der Waals surface area contributed by atoms with Crippen LogP contribution in [0.1, 0.15) is 49.7 Å². The van der Waals surface area contributed by atoms with Crippen LogP contribution in [-0.2, 0) is 11.3 Å². The third kappa shape index (κ3) is 4.94. The maximum Gasteiger partial charge on any atom is 0.225 e. The van der Waals surface area contributed by atoms with Gasteiger partial charge < -0.3 is 14.4 Å². The molecule has 2 aliphatic heterocycles. The summed E-state index contributed by atoms with van der Waals surface area (Å²) in [5, 5.41) is 0. The van der Waals surface area contributed by atoms with Crippen molar-refractivity contribution in [2.24, 2.45) is 5.92 Å². The number of imidazole rings is 1. The minimum atomic E-state index is 0.156. The van der Waals surface area contributed by atoms with Crippen LogP contribution in [0.5, 0.6) is 0 Å². The summed E-state index contributed by atoms with van der Waals surface area (Å²) in [7, 11) is 0. The van der Waals surface area contributed by atoms with Crippen molar-refractivity contribution in [3.05, 3.63) is 59.4 Å². The molecule has 35 heavy (non-hydrogen) atoms. The van der Waals surface area contributed by atoms with Crippen LogP contribution in [0.25, 0.3) is 11.0 Å². The Bertz CT molecular complexity index is 1180.